The number of piperazine rings is 1. The van der Waals surface area contributed by atoms with Crippen LogP contribution in [-0.2, 0) is 0 Å². The third-order valence-corrected chi connectivity index (χ3v) is 3.48. The fraction of sp³-hybridized carbons (Fsp3) is 0.615. The van der Waals surface area contributed by atoms with Crippen molar-refractivity contribution in [3.8, 4) is 6.07 Å². The summed E-state index contributed by atoms with van der Waals surface area (Å²) < 4.78 is 0. The zero-order chi connectivity index (χ0) is 13.0. The van der Waals surface area contributed by atoms with Crippen molar-refractivity contribution in [3.05, 3.63) is 18.0 Å². The van der Waals surface area contributed by atoms with Gasteiger partial charge in [-0.1, -0.05) is 13.8 Å². The molecule has 1 aromatic rings. The van der Waals surface area contributed by atoms with E-state index in [-0.39, 0.29) is 0 Å². The molecule has 5 nitrogen and oxygen atoms in total. The van der Waals surface area contributed by atoms with Crippen LogP contribution in [0.2, 0.25) is 0 Å². The first-order valence-electron chi connectivity index (χ1n) is 6.51. The standard InChI is InChI=1S/C13H19N5/c1-3-10-9-18(12(4-2)8-16-10)13-15-6-5-11(7-14)17-13/h5-6,10,12,16H,3-4,8-9H2,1-2H3. The van der Waals surface area contributed by atoms with E-state index in [1.165, 1.54) is 0 Å². The van der Waals surface area contributed by atoms with Crippen LogP contribution in [0.1, 0.15) is 32.4 Å². The van der Waals surface area contributed by atoms with Crippen molar-refractivity contribution in [1.29, 1.82) is 5.26 Å². The number of nitrogens with zero attached hydrogens (tertiary/aromatic N) is 4. The van der Waals surface area contributed by atoms with Gasteiger partial charge < -0.3 is 10.2 Å². The lowest BCUT2D eigenvalue weighted by Gasteiger charge is -2.39. The summed E-state index contributed by atoms with van der Waals surface area (Å²) in [5, 5.41) is 12.4. The Hall–Kier alpha value is -1.67. The second-order valence-electron chi connectivity index (χ2n) is 4.58. The van der Waals surface area contributed by atoms with E-state index in [2.05, 4.69) is 40.1 Å². The van der Waals surface area contributed by atoms with Gasteiger partial charge >= 0.3 is 0 Å². The van der Waals surface area contributed by atoms with Gasteiger partial charge in [0.25, 0.3) is 0 Å². The molecule has 0 radical (unpaired) electrons. The molecule has 1 aliphatic rings. The summed E-state index contributed by atoms with van der Waals surface area (Å²) in [5.41, 5.74) is 0.432. The fourth-order valence-electron chi connectivity index (χ4n) is 2.30. The molecule has 2 heterocycles. The number of rotatable bonds is 3. The Bertz CT molecular complexity index is 439. The first kappa shape index (κ1) is 12.8. The lowest BCUT2D eigenvalue weighted by molar-refractivity contribution is 0.374. The molecule has 1 N–H and O–H groups in total. The summed E-state index contributed by atoms with van der Waals surface area (Å²) >= 11 is 0. The highest BCUT2D eigenvalue weighted by molar-refractivity contribution is 5.36. The molecule has 96 valence electrons. The van der Waals surface area contributed by atoms with E-state index in [1.54, 1.807) is 12.3 Å². The maximum absolute atomic E-state index is 8.91. The lowest BCUT2D eigenvalue weighted by atomic mass is 10.1. The number of nitrogens with one attached hydrogen (secondary N) is 1. The van der Waals surface area contributed by atoms with Crippen LogP contribution in [0, 0.1) is 11.3 Å². The van der Waals surface area contributed by atoms with Crippen molar-refractivity contribution in [3.63, 3.8) is 0 Å². The average molecular weight is 245 g/mol. The maximum atomic E-state index is 8.91. The van der Waals surface area contributed by atoms with Crippen LogP contribution in [0.15, 0.2) is 12.3 Å². The van der Waals surface area contributed by atoms with Gasteiger partial charge in [-0.2, -0.15) is 5.26 Å². The first-order chi connectivity index (χ1) is 8.78. The van der Waals surface area contributed by atoms with Crippen molar-refractivity contribution in [2.75, 3.05) is 18.0 Å². The summed E-state index contributed by atoms with van der Waals surface area (Å²) in [7, 11) is 0. The van der Waals surface area contributed by atoms with Crippen LogP contribution < -0.4 is 10.2 Å². The molecule has 0 saturated carbocycles. The second-order valence-corrected chi connectivity index (χ2v) is 4.58. The maximum Gasteiger partial charge on any atom is 0.226 e. The molecule has 1 fully saturated rings. The van der Waals surface area contributed by atoms with Crippen molar-refractivity contribution >= 4 is 5.95 Å². The topological polar surface area (TPSA) is 64.8 Å². The first-order valence-corrected chi connectivity index (χ1v) is 6.51. The van der Waals surface area contributed by atoms with Crippen molar-refractivity contribution < 1.29 is 0 Å². The predicted octanol–water partition coefficient (Wildman–Crippen LogP) is 1.32. The van der Waals surface area contributed by atoms with Gasteiger partial charge in [0.1, 0.15) is 11.8 Å². The van der Waals surface area contributed by atoms with E-state index in [9.17, 15) is 0 Å². The van der Waals surface area contributed by atoms with Crippen LogP contribution in [0.3, 0.4) is 0 Å². The van der Waals surface area contributed by atoms with Gasteiger partial charge in [0.05, 0.1) is 0 Å². The van der Waals surface area contributed by atoms with Crippen LogP contribution >= 0.6 is 0 Å². The van der Waals surface area contributed by atoms with Gasteiger partial charge in [0.2, 0.25) is 5.95 Å². The molecule has 1 aliphatic heterocycles. The molecule has 0 bridgehead atoms. The highest BCUT2D eigenvalue weighted by Gasteiger charge is 2.27. The Morgan fingerprint density at radius 1 is 1.50 bits per heavy atom. The predicted molar refractivity (Wildman–Crippen MR) is 70.3 cm³/mol. The number of anilines is 1. The summed E-state index contributed by atoms with van der Waals surface area (Å²) in [5.74, 6) is 0.681. The summed E-state index contributed by atoms with van der Waals surface area (Å²) in [4.78, 5) is 10.8. The Morgan fingerprint density at radius 2 is 2.33 bits per heavy atom. The molecular weight excluding hydrogens is 226 g/mol. The molecule has 1 saturated heterocycles. The third-order valence-electron chi connectivity index (χ3n) is 3.48. The van der Waals surface area contributed by atoms with Gasteiger partial charge in [-0.25, -0.2) is 9.97 Å². The lowest BCUT2D eigenvalue weighted by Crippen LogP contribution is -2.56. The molecule has 18 heavy (non-hydrogen) atoms. The molecule has 2 atom stereocenters. The molecule has 0 amide bonds. The number of nitriles is 1. The zero-order valence-electron chi connectivity index (χ0n) is 10.9. The van der Waals surface area contributed by atoms with Crippen LogP contribution in [0.5, 0.6) is 0 Å². The molecule has 1 aromatic heterocycles. The third kappa shape index (κ3) is 2.59. The second kappa shape index (κ2) is 5.78. The minimum Gasteiger partial charge on any atom is -0.335 e. The highest BCUT2D eigenvalue weighted by Crippen LogP contribution is 2.18. The number of aromatic nitrogens is 2. The minimum absolute atomic E-state index is 0.404. The summed E-state index contributed by atoms with van der Waals surface area (Å²) in [6.45, 7) is 6.20. The quantitative estimate of drug-likeness (QED) is 0.870. The van der Waals surface area contributed by atoms with Gasteiger partial charge in [0, 0.05) is 31.4 Å². The molecule has 0 aromatic carbocycles. The summed E-state index contributed by atoms with van der Waals surface area (Å²) in [6.07, 6.45) is 3.80. The largest absolute Gasteiger partial charge is 0.335 e. The van der Waals surface area contributed by atoms with Crippen LogP contribution in [0.4, 0.5) is 5.95 Å². The smallest absolute Gasteiger partial charge is 0.226 e. The highest BCUT2D eigenvalue weighted by atomic mass is 15.3. The van der Waals surface area contributed by atoms with E-state index in [1.807, 2.05) is 0 Å². The fourth-order valence-corrected chi connectivity index (χ4v) is 2.30. The minimum atomic E-state index is 0.404. The zero-order valence-corrected chi connectivity index (χ0v) is 10.9. The van der Waals surface area contributed by atoms with Gasteiger partial charge in [-0.3, -0.25) is 0 Å². The van der Waals surface area contributed by atoms with E-state index in [0.29, 0.717) is 23.7 Å². The van der Waals surface area contributed by atoms with E-state index < -0.39 is 0 Å². The monoisotopic (exact) mass is 245 g/mol. The molecule has 0 spiro atoms. The number of hydrogen-bond donors (Lipinski definition) is 1. The Kier molecular flexibility index (Phi) is 4.11. The Labute approximate surface area is 108 Å². The van der Waals surface area contributed by atoms with Crippen molar-refractivity contribution in [2.45, 2.75) is 38.8 Å². The Balaban J connectivity index is 2.24. The molecule has 2 unspecified atom stereocenters. The van der Waals surface area contributed by atoms with Crippen LogP contribution in [0.25, 0.3) is 0 Å². The molecule has 2 rings (SSSR count). The van der Waals surface area contributed by atoms with E-state index in [4.69, 9.17) is 5.26 Å². The van der Waals surface area contributed by atoms with Crippen molar-refractivity contribution in [2.24, 2.45) is 0 Å². The van der Waals surface area contributed by atoms with Crippen molar-refractivity contribution in [1.82, 2.24) is 15.3 Å². The average Bonchev–Trinajstić information content (AvgIpc) is 2.46. The Morgan fingerprint density at radius 3 is 3.00 bits per heavy atom. The van der Waals surface area contributed by atoms with Gasteiger partial charge in [-0.15, -0.1) is 0 Å². The van der Waals surface area contributed by atoms with Gasteiger partial charge in [0.15, 0.2) is 0 Å². The van der Waals surface area contributed by atoms with Gasteiger partial charge in [-0.05, 0) is 18.9 Å². The molecular formula is C13H19N5. The number of hydrogen-bond acceptors (Lipinski definition) is 5. The molecule has 5 heteroatoms. The van der Waals surface area contributed by atoms with Crippen LogP contribution in [-0.4, -0.2) is 35.1 Å². The SMILES string of the molecule is CCC1CN(c2nccc(C#N)n2)C(CC)CN1. The normalized spacial score (nSPS) is 23.7. The summed E-state index contributed by atoms with van der Waals surface area (Å²) in [6, 6.07) is 4.59. The van der Waals surface area contributed by atoms with E-state index >= 15 is 0 Å². The van der Waals surface area contributed by atoms with E-state index in [0.717, 1.165) is 25.9 Å². The molecule has 0 aliphatic carbocycles.